The van der Waals surface area contributed by atoms with Gasteiger partial charge in [0.05, 0.1) is 6.54 Å². The van der Waals surface area contributed by atoms with Crippen LogP contribution in [0.3, 0.4) is 0 Å². The third-order valence-corrected chi connectivity index (χ3v) is 2.07. The minimum absolute atomic E-state index is 0.258. The Morgan fingerprint density at radius 3 is 2.45 bits per heavy atom. The molecule has 0 bridgehead atoms. The molecule has 0 aromatic rings. The molecule has 0 spiro atoms. The molecule has 3 heteroatoms. The summed E-state index contributed by atoms with van der Waals surface area (Å²) in [4.78, 5) is 15.3. The summed E-state index contributed by atoms with van der Waals surface area (Å²) in [6, 6.07) is 0.358. The highest BCUT2D eigenvalue weighted by atomic mass is 16.2. The average Bonchev–Trinajstić information content (AvgIpc) is 1.85. The molecule has 0 N–H and O–H groups in total. The maximum atomic E-state index is 11.3. The van der Waals surface area contributed by atoms with E-state index in [1.165, 1.54) is 0 Å². The Hall–Kier alpha value is -0.570. The van der Waals surface area contributed by atoms with Crippen molar-refractivity contribution in [2.24, 2.45) is 0 Å². The highest BCUT2D eigenvalue weighted by Gasteiger charge is 2.22. The van der Waals surface area contributed by atoms with E-state index in [1.807, 2.05) is 11.9 Å². The smallest absolute Gasteiger partial charge is 0.237 e. The molecule has 1 aliphatic heterocycles. The van der Waals surface area contributed by atoms with Crippen molar-refractivity contribution in [1.82, 2.24) is 9.80 Å². The van der Waals surface area contributed by atoms with E-state index in [2.05, 4.69) is 18.7 Å². The molecule has 1 saturated heterocycles. The third-order valence-electron chi connectivity index (χ3n) is 2.07. The van der Waals surface area contributed by atoms with Gasteiger partial charge in [0.25, 0.3) is 0 Å². The third kappa shape index (κ3) is 1.93. The average molecular weight is 156 g/mol. The molecule has 1 heterocycles. The Morgan fingerprint density at radius 2 is 2.00 bits per heavy atom. The van der Waals surface area contributed by atoms with Gasteiger partial charge in [0.1, 0.15) is 0 Å². The summed E-state index contributed by atoms with van der Waals surface area (Å²) >= 11 is 0. The fourth-order valence-electron chi connectivity index (χ4n) is 1.35. The largest absolute Gasteiger partial charge is 0.338 e. The van der Waals surface area contributed by atoms with Crippen LogP contribution in [-0.2, 0) is 4.79 Å². The molecule has 1 aliphatic rings. The van der Waals surface area contributed by atoms with Crippen LogP contribution in [0.2, 0.25) is 0 Å². The van der Waals surface area contributed by atoms with Gasteiger partial charge in [-0.3, -0.25) is 9.69 Å². The number of carbonyl (C=O) groups is 1. The van der Waals surface area contributed by atoms with Gasteiger partial charge >= 0.3 is 0 Å². The van der Waals surface area contributed by atoms with Crippen molar-refractivity contribution in [2.75, 3.05) is 26.7 Å². The van der Waals surface area contributed by atoms with Gasteiger partial charge in [0, 0.05) is 19.1 Å². The number of likely N-dealkylation sites (N-methyl/N-ethyl adjacent to an activating group) is 1. The fourth-order valence-corrected chi connectivity index (χ4v) is 1.35. The number of carbonyl (C=O) groups excluding carboxylic acids is 1. The van der Waals surface area contributed by atoms with Gasteiger partial charge in [-0.15, -0.1) is 0 Å². The van der Waals surface area contributed by atoms with E-state index >= 15 is 0 Å². The van der Waals surface area contributed by atoms with Crippen molar-refractivity contribution in [3.63, 3.8) is 0 Å². The summed E-state index contributed by atoms with van der Waals surface area (Å²) in [5, 5.41) is 0. The number of hydrogen-bond acceptors (Lipinski definition) is 2. The van der Waals surface area contributed by atoms with Gasteiger partial charge in [-0.05, 0) is 20.9 Å². The van der Waals surface area contributed by atoms with E-state index in [0.717, 1.165) is 13.1 Å². The second-order valence-corrected chi connectivity index (χ2v) is 3.42. The van der Waals surface area contributed by atoms with Crippen LogP contribution in [0.25, 0.3) is 0 Å². The summed E-state index contributed by atoms with van der Waals surface area (Å²) in [6.45, 7) is 6.58. The van der Waals surface area contributed by atoms with Crippen molar-refractivity contribution in [3.8, 4) is 0 Å². The van der Waals surface area contributed by atoms with E-state index in [1.54, 1.807) is 0 Å². The summed E-state index contributed by atoms with van der Waals surface area (Å²) in [7, 11) is 1.98. The maximum Gasteiger partial charge on any atom is 0.237 e. The normalized spacial score (nSPS) is 21.5. The topological polar surface area (TPSA) is 23.6 Å². The first-order chi connectivity index (χ1) is 5.11. The predicted octanol–water partition coefficient (Wildman–Crippen LogP) is 0.169. The Labute approximate surface area is 68.0 Å². The van der Waals surface area contributed by atoms with E-state index in [9.17, 15) is 4.79 Å². The van der Waals surface area contributed by atoms with Crippen LogP contribution in [0.5, 0.6) is 0 Å². The van der Waals surface area contributed by atoms with Crippen molar-refractivity contribution in [2.45, 2.75) is 19.9 Å². The van der Waals surface area contributed by atoms with Crippen LogP contribution >= 0.6 is 0 Å². The molecule has 3 nitrogen and oxygen atoms in total. The lowest BCUT2D eigenvalue weighted by Gasteiger charge is -2.34. The van der Waals surface area contributed by atoms with Gasteiger partial charge in [0.15, 0.2) is 0 Å². The van der Waals surface area contributed by atoms with Crippen LogP contribution in [0.1, 0.15) is 13.8 Å². The Bertz CT molecular complexity index is 156. The molecular weight excluding hydrogens is 140 g/mol. The zero-order valence-corrected chi connectivity index (χ0v) is 7.50. The first-order valence-electron chi connectivity index (χ1n) is 4.09. The Kier molecular flexibility index (Phi) is 2.49. The van der Waals surface area contributed by atoms with Crippen molar-refractivity contribution >= 4 is 5.91 Å². The maximum absolute atomic E-state index is 11.3. The first-order valence-corrected chi connectivity index (χ1v) is 4.09. The van der Waals surface area contributed by atoms with Gasteiger partial charge in [0.2, 0.25) is 5.91 Å². The summed E-state index contributed by atoms with van der Waals surface area (Å²) in [5.41, 5.74) is 0. The number of hydrogen-bond donors (Lipinski definition) is 0. The van der Waals surface area contributed by atoms with Gasteiger partial charge in [-0.1, -0.05) is 0 Å². The number of rotatable bonds is 1. The molecule has 0 saturated carbocycles. The lowest BCUT2D eigenvalue weighted by molar-refractivity contribution is -0.137. The van der Waals surface area contributed by atoms with E-state index in [4.69, 9.17) is 0 Å². The Balaban J connectivity index is 2.51. The minimum Gasteiger partial charge on any atom is -0.338 e. The second-order valence-electron chi connectivity index (χ2n) is 3.42. The highest BCUT2D eigenvalue weighted by Crippen LogP contribution is 2.04. The second kappa shape index (κ2) is 3.22. The molecule has 0 aromatic carbocycles. The quantitative estimate of drug-likeness (QED) is 0.540. The molecule has 64 valence electrons. The van der Waals surface area contributed by atoms with Crippen LogP contribution < -0.4 is 0 Å². The lowest BCUT2D eigenvalue weighted by atomic mass is 10.2. The standard InChI is InChI=1S/C8H16N2O/c1-7(2)10-5-4-9(3)6-8(10)11/h7H,4-6H2,1-3H3. The zero-order valence-electron chi connectivity index (χ0n) is 7.50. The molecule has 0 aromatic heterocycles. The Morgan fingerprint density at radius 1 is 1.36 bits per heavy atom. The molecule has 1 amide bonds. The zero-order chi connectivity index (χ0) is 8.43. The first kappa shape index (κ1) is 8.53. The van der Waals surface area contributed by atoms with Crippen molar-refractivity contribution < 1.29 is 4.79 Å². The molecule has 0 unspecified atom stereocenters. The molecular formula is C8H16N2O. The summed E-state index contributed by atoms with van der Waals surface area (Å²) in [6.07, 6.45) is 0. The number of piperazine rings is 1. The highest BCUT2D eigenvalue weighted by molar-refractivity contribution is 5.79. The van der Waals surface area contributed by atoms with Gasteiger partial charge in [-0.25, -0.2) is 0 Å². The van der Waals surface area contributed by atoms with Gasteiger partial charge in [-0.2, -0.15) is 0 Å². The van der Waals surface area contributed by atoms with Crippen LogP contribution in [0, 0.1) is 0 Å². The van der Waals surface area contributed by atoms with E-state index in [0.29, 0.717) is 12.6 Å². The molecule has 1 rings (SSSR count). The molecule has 0 radical (unpaired) electrons. The van der Waals surface area contributed by atoms with Crippen LogP contribution in [-0.4, -0.2) is 48.4 Å². The van der Waals surface area contributed by atoms with Crippen molar-refractivity contribution in [1.29, 1.82) is 0 Å². The monoisotopic (exact) mass is 156 g/mol. The fraction of sp³-hybridized carbons (Fsp3) is 0.875. The molecule has 11 heavy (non-hydrogen) atoms. The van der Waals surface area contributed by atoms with Gasteiger partial charge < -0.3 is 4.90 Å². The van der Waals surface area contributed by atoms with E-state index < -0.39 is 0 Å². The van der Waals surface area contributed by atoms with Crippen LogP contribution in [0.15, 0.2) is 0 Å². The lowest BCUT2D eigenvalue weighted by Crippen LogP contribution is -2.51. The molecule has 1 fully saturated rings. The number of nitrogens with zero attached hydrogens (tertiary/aromatic N) is 2. The van der Waals surface area contributed by atoms with Crippen molar-refractivity contribution in [3.05, 3.63) is 0 Å². The number of amides is 1. The van der Waals surface area contributed by atoms with Crippen LogP contribution in [0.4, 0.5) is 0 Å². The summed E-state index contributed by atoms with van der Waals surface area (Å²) in [5.74, 6) is 0.258. The predicted molar refractivity (Wildman–Crippen MR) is 44.3 cm³/mol. The van der Waals surface area contributed by atoms with E-state index in [-0.39, 0.29) is 5.91 Å². The molecule has 0 aliphatic carbocycles. The minimum atomic E-state index is 0.258. The molecule has 0 atom stereocenters. The SMILES string of the molecule is CC(C)N1CCN(C)CC1=O. The summed E-state index contributed by atoms with van der Waals surface area (Å²) < 4.78 is 0.